The fourth-order valence-electron chi connectivity index (χ4n) is 4.01. The fraction of sp³-hybridized carbons (Fsp3) is 0.778. The predicted octanol–water partition coefficient (Wildman–Crippen LogP) is 8.48. The highest BCUT2D eigenvalue weighted by atomic mass is 19.2. The summed E-state index contributed by atoms with van der Waals surface area (Å²) in [7, 11) is 0. The van der Waals surface area contributed by atoms with Crippen LogP contribution in [0.5, 0.6) is 0 Å². The van der Waals surface area contributed by atoms with Crippen LogP contribution < -0.4 is 0 Å². The number of rotatable bonds is 20. The molecule has 0 saturated carbocycles. The van der Waals surface area contributed by atoms with Gasteiger partial charge in [0.15, 0.2) is 23.3 Å². The van der Waals surface area contributed by atoms with Crippen molar-refractivity contribution in [2.75, 3.05) is 19.8 Å². The number of halogens is 4. The highest BCUT2D eigenvalue weighted by Crippen LogP contribution is 2.35. The quantitative estimate of drug-likeness (QED) is 0.0601. The third-order valence-corrected chi connectivity index (χ3v) is 5.87. The van der Waals surface area contributed by atoms with Crippen molar-refractivity contribution >= 4 is 0 Å². The summed E-state index contributed by atoms with van der Waals surface area (Å²) >= 11 is 0. The molecule has 0 aromatic heterocycles. The van der Waals surface area contributed by atoms with Gasteiger partial charge in [0.2, 0.25) is 0 Å². The average molecular weight is 493 g/mol. The molecule has 34 heavy (non-hydrogen) atoms. The van der Waals surface area contributed by atoms with E-state index in [0.29, 0.717) is 32.7 Å². The minimum atomic E-state index is -1.79. The van der Waals surface area contributed by atoms with Gasteiger partial charge in [-0.25, -0.2) is 17.6 Å². The smallest absolute Gasteiger partial charge is 0.285 e. The summed E-state index contributed by atoms with van der Waals surface area (Å²) in [4.78, 5) is 0. The summed E-state index contributed by atoms with van der Waals surface area (Å²) in [5, 5.41) is 0. The molecular weight excluding hydrogens is 448 g/mol. The molecule has 0 spiro atoms. The van der Waals surface area contributed by atoms with Gasteiger partial charge in [0.05, 0.1) is 19.8 Å². The Bertz CT molecular complexity index is 663. The lowest BCUT2D eigenvalue weighted by Gasteiger charge is -2.40. The molecule has 0 fully saturated rings. The highest BCUT2D eigenvalue weighted by molar-refractivity contribution is 5.22. The molecule has 0 amide bonds. The molecule has 0 aliphatic carbocycles. The maximum atomic E-state index is 14.3. The van der Waals surface area contributed by atoms with Gasteiger partial charge in [-0.2, -0.15) is 0 Å². The average Bonchev–Trinajstić information content (AvgIpc) is 2.84. The van der Waals surface area contributed by atoms with Gasteiger partial charge in [0, 0.05) is 5.92 Å². The van der Waals surface area contributed by atoms with E-state index in [9.17, 15) is 17.6 Å². The van der Waals surface area contributed by atoms with Crippen LogP contribution in [0.3, 0.4) is 0 Å². The van der Waals surface area contributed by atoms with Crippen LogP contribution in [0.1, 0.15) is 104 Å². The first-order chi connectivity index (χ1) is 16.4. The maximum absolute atomic E-state index is 14.3. The van der Waals surface area contributed by atoms with Crippen molar-refractivity contribution in [1.82, 2.24) is 0 Å². The van der Waals surface area contributed by atoms with Gasteiger partial charge >= 0.3 is 0 Å². The number of hydrogen-bond acceptors (Lipinski definition) is 3. The highest BCUT2D eigenvalue weighted by Gasteiger charge is 2.42. The molecule has 1 atom stereocenters. The van der Waals surface area contributed by atoms with E-state index in [4.69, 9.17) is 14.2 Å². The topological polar surface area (TPSA) is 27.7 Å². The monoisotopic (exact) mass is 492 g/mol. The van der Waals surface area contributed by atoms with E-state index in [1.54, 1.807) is 0 Å². The van der Waals surface area contributed by atoms with Crippen molar-refractivity contribution in [2.45, 2.75) is 111 Å². The predicted molar refractivity (Wildman–Crippen MR) is 128 cm³/mol. The van der Waals surface area contributed by atoms with Crippen LogP contribution in [0, 0.1) is 29.2 Å². The molecule has 0 N–H and O–H groups in total. The molecule has 1 unspecified atom stereocenters. The van der Waals surface area contributed by atoms with Gasteiger partial charge in [0.25, 0.3) is 5.97 Å². The second kappa shape index (κ2) is 17.3. The van der Waals surface area contributed by atoms with Crippen molar-refractivity contribution < 1.29 is 31.8 Å². The summed E-state index contributed by atoms with van der Waals surface area (Å²) in [6.07, 6.45) is 9.96. The number of benzene rings is 1. The lowest BCUT2D eigenvalue weighted by Crippen LogP contribution is -2.47. The maximum Gasteiger partial charge on any atom is 0.285 e. The van der Waals surface area contributed by atoms with E-state index in [-0.39, 0.29) is 17.9 Å². The van der Waals surface area contributed by atoms with Crippen molar-refractivity contribution in [3.05, 3.63) is 34.9 Å². The minimum Gasteiger partial charge on any atom is -0.327 e. The van der Waals surface area contributed by atoms with Crippen LogP contribution in [0.2, 0.25) is 0 Å². The van der Waals surface area contributed by atoms with Gasteiger partial charge in [-0.3, -0.25) is 0 Å². The van der Waals surface area contributed by atoms with Crippen LogP contribution in [-0.2, 0) is 20.6 Å². The minimum absolute atomic E-state index is 0.0165. The first-order valence-electron chi connectivity index (χ1n) is 13.1. The van der Waals surface area contributed by atoms with E-state index in [1.165, 1.54) is 19.3 Å². The lowest BCUT2D eigenvalue weighted by atomic mass is 9.90. The number of aryl methyl sites for hydroxylation is 1. The Morgan fingerprint density at radius 3 is 1.71 bits per heavy atom. The van der Waals surface area contributed by atoms with Crippen LogP contribution >= 0.6 is 0 Å². The van der Waals surface area contributed by atoms with Crippen LogP contribution in [0.25, 0.3) is 0 Å². The molecule has 1 aromatic rings. The van der Waals surface area contributed by atoms with Gasteiger partial charge in [-0.15, -0.1) is 0 Å². The van der Waals surface area contributed by atoms with Crippen LogP contribution in [0.15, 0.2) is 6.07 Å². The SMILES string of the molecule is CCCCCCCCC(CCc1cc(F)c(F)c(F)c1F)C(OCCC)(OCCC)OCCC. The van der Waals surface area contributed by atoms with E-state index < -0.39 is 29.2 Å². The number of ether oxygens (including phenoxy) is 3. The van der Waals surface area contributed by atoms with E-state index in [1.807, 2.05) is 20.8 Å². The second-order valence-electron chi connectivity index (χ2n) is 8.90. The second-order valence-corrected chi connectivity index (χ2v) is 8.90. The van der Waals surface area contributed by atoms with Gasteiger partial charge in [-0.1, -0.05) is 66.2 Å². The Balaban J connectivity index is 3.14. The van der Waals surface area contributed by atoms with E-state index >= 15 is 0 Å². The third-order valence-electron chi connectivity index (χ3n) is 5.87. The number of hydrogen-bond donors (Lipinski definition) is 0. The van der Waals surface area contributed by atoms with Crippen LogP contribution in [0.4, 0.5) is 17.6 Å². The zero-order valence-electron chi connectivity index (χ0n) is 21.5. The molecule has 0 aliphatic rings. The first kappa shape index (κ1) is 30.9. The van der Waals surface area contributed by atoms with Gasteiger partial charge < -0.3 is 14.2 Å². The Kier molecular flexibility index (Phi) is 15.7. The Morgan fingerprint density at radius 1 is 0.647 bits per heavy atom. The third kappa shape index (κ3) is 9.82. The van der Waals surface area contributed by atoms with Gasteiger partial charge in [-0.05, 0) is 50.2 Å². The zero-order valence-corrected chi connectivity index (χ0v) is 21.5. The Labute approximate surface area is 203 Å². The first-order valence-corrected chi connectivity index (χ1v) is 13.1. The molecule has 0 bridgehead atoms. The molecule has 1 aromatic carbocycles. The molecule has 1 rings (SSSR count). The van der Waals surface area contributed by atoms with Crippen molar-refractivity contribution in [2.24, 2.45) is 5.92 Å². The molecule has 198 valence electrons. The molecule has 0 aliphatic heterocycles. The van der Waals surface area contributed by atoms with Crippen molar-refractivity contribution in [3.63, 3.8) is 0 Å². The molecular formula is C27H44F4O3. The number of unbranched alkanes of at least 4 members (excludes halogenated alkanes) is 5. The van der Waals surface area contributed by atoms with E-state index in [2.05, 4.69) is 6.92 Å². The van der Waals surface area contributed by atoms with Crippen molar-refractivity contribution in [3.8, 4) is 0 Å². The van der Waals surface area contributed by atoms with Crippen molar-refractivity contribution in [1.29, 1.82) is 0 Å². The summed E-state index contributed by atoms with van der Waals surface area (Å²) in [5.74, 6) is -7.89. The Hall–Kier alpha value is -1.18. The molecule has 0 radical (unpaired) electrons. The lowest BCUT2D eigenvalue weighted by molar-refractivity contribution is -0.406. The fourth-order valence-corrected chi connectivity index (χ4v) is 4.01. The summed E-state index contributed by atoms with van der Waals surface area (Å²) in [6, 6.07) is 0.740. The summed E-state index contributed by atoms with van der Waals surface area (Å²) in [5.41, 5.74) is -0.195. The molecule has 0 heterocycles. The molecule has 7 heteroatoms. The van der Waals surface area contributed by atoms with E-state index in [0.717, 1.165) is 44.6 Å². The standard InChI is InChI=1S/C27H44F4O3/c1-5-9-10-11-12-13-14-22(16-15-21-20-23(28)25(30)26(31)24(21)29)27(32-17-6-2,33-18-7-3)34-19-8-4/h20,22H,5-19H2,1-4H3. The zero-order chi connectivity index (χ0) is 25.4. The largest absolute Gasteiger partial charge is 0.327 e. The normalized spacial score (nSPS) is 12.9. The van der Waals surface area contributed by atoms with Crippen LogP contribution in [-0.4, -0.2) is 25.8 Å². The molecule has 0 saturated heterocycles. The van der Waals surface area contributed by atoms with Gasteiger partial charge in [0.1, 0.15) is 0 Å². The summed E-state index contributed by atoms with van der Waals surface area (Å²) < 4.78 is 73.9. The Morgan fingerprint density at radius 2 is 1.18 bits per heavy atom. The summed E-state index contributed by atoms with van der Waals surface area (Å²) in [6.45, 7) is 9.43. The molecule has 3 nitrogen and oxygen atoms in total.